The number of imidazole rings is 1. The Morgan fingerprint density at radius 1 is 1.25 bits per heavy atom. The first kappa shape index (κ1) is 20.2. The third kappa shape index (κ3) is 4.64. The van der Waals surface area contributed by atoms with Gasteiger partial charge < -0.3 is 5.32 Å². The number of thioether (sulfide) groups is 1. The Hall–Kier alpha value is -2.55. The van der Waals surface area contributed by atoms with Crippen LogP contribution in [0.3, 0.4) is 0 Å². The van der Waals surface area contributed by atoms with E-state index in [1.54, 1.807) is 31.5 Å². The summed E-state index contributed by atoms with van der Waals surface area (Å²) in [4.78, 5) is 27.1. The summed E-state index contributed by atoms with van der Waals surface area (Å²) in [5.41, 5.74) is 1.04. The normalized spacial score (nSPS) is 11.8. The Bertz CT molecular complexity index is 1020. The number of carbonyl (C=O) groups is 1. The molecule has 0 aliphatic heterocycles. The van der Waals surface area contributed by atoms with Crippen molar-refractivity contribution in [2.45, 2.75) is 17.3 Å². The molecule has 0 bridgehead atoms. The van der Waals surface area contributed by atoms with Crippen LogP contribution in [0.25, 0.3) is 5.69 Å². The van der Waals surface area contributed by atoms with Crippen molar-refractivity contribution >= 4 is 52.2 Å². The second kappa shape index (κ2) is 8.64. The van der Waals surface area contributed by atoms with Crippen molar-refractivity contribution in [1.29, 1.82) is 0 Å². The Morgan fingerprint density at radius 3 is 2.61 bits per heavy atom. The predicted octanol–water partition coefficient (Wildman–Crippen LogP) is 5.21. The Labute approximate surface area is 174 Å². The van der Waals surface area contributed by atoms with Gasteiger partial charge in [-0.2, -0.15) is 0 Å². The molecule has 1 N–H and O–H groups in total. The monoisotopic (exact) mass is 436 g/mol. The molecule has 10 heteroatoms. The number of carbonyl (C=O) groups excluding carboxylic acids is 1. The number of benzene rings is 2. The molecule has 2 aromatic carbocycles. The Balaban J connectivity index is 1.71. The number of nitrogens with zero attached hydrogens (tertiary/aromatic N) is 3. The zero-order valence-corrected chi connectivity index (χ0v) is 16.8. The van der Waals surface area contributed by atoms with Crippen LogP contribution in [0.1, 0.15) is 6.92 Å². The molecule has 1 atom stereocenters. The topological polar surface area (TPSA) is 90.1 Å². The van der Waals surface area contributed by atoms with Crippen LogP contribution < -0.4 is 5.32 Å². The number of aromatic nitrogens is 2. The molecule has 0 aliphatic carbocycles. The number of hydrogen-bond donors (Lipinski definition) is 1. The lowest BCUT2D eigenvalue weighted by molar-refractivity contribution is -0.384. The highest BCUT2D eigenvalue weighted by Gasteiger charge is 2.19. The quantitative estimate of drug-likeness (QED) is 0.325. The number of nitrogens with one attached hydrogen (secondary N) is 1. The van der Waals surface area contributed by atoms with Crippen molar-refractivity contribution in [3.05, 3.63) is 75.0 Å². The smallest absolute Gasteiger partial charge is 0.271 e. The Kier molecular flexibility index (Phi) is 6.23. The molecule has 3 rings (SSSR count). The zero-order chi connectivity index (χ0) is 20.3. The van der Waals surface area contributed by atoms with Crippen molar-refractivity contribution in [1.82, 2.24) is 9.55 Å². The molecule has 0 saturated heterocycles. The molecule has 0 radical (unpaired) electrons. The van der Waals surface area contributed by atoms with Gasteiger partial charge in [-0.3, -0.25) is 19.5 Å². The summed E-state index contributed by atoms with van der Waals surface area (Å²) < 4.78 is 1.85. The van der Waals surface area contributed by atoms with Gasteiger partial charge in [-0.1, -0.05) is 35.0 Å². The van der Waals surface area contributed by atoms with Crippen LogP contribution in [0.5, 0.6) is 0 Å². The van der Waals surface area contributed by atoms with E-state index >= 15 is 0 Å². The number of amides is 1. The first-order chi connectivity index (χ1) is 13.3. The second-order valence-electron chi connectivity index (χ2n) is 5.73. The lowest BCUT2D eigenvalue weighted by Crippen LogP contribution is -2.23. The van der Waals surface area contributed by atoms with Gasteiger partial charge in [-0.15, -0.1) is 0 Å². The van der Waals surface area contributed by atoms with Gasteiger partial charge in [0, 0.05) is 35.2 Å². The fraction of sp³-hybridized carbons (Fsp3) is 0.111. The van der Waals surface area contributed by atoms with Gasteiger partial charge in [0.15, 0.2) is 5.16 Å². The van der Waals surface area contributed by atoms with Crippen molar-refractivity contribution in [3.8, 4) is 5.69 Å². The molecule has 1 aromatic heterocycles. The molecule has 1 amide bonds. The number of nitro groups is 1. The summed E-state index contributed by atoms with van der Waals surface area (Å²) in [6, 6.07) is 11.2. The molecule has 7 nitrogen and oxygen atoms in total. The predicted molar refractivity (Wildman–Crippen MR) is 111 cm³/mol. The van der Waals surface area contributed by atoms with Gasteiger partial charge in [-0.25, -0.2) is 4.98 Å². The fourth-order valence-electron chi connectivity index (χ4n) is 2.34. The van der Waals surface area contributed by atoms with Crippen LogP contribution in [-0.4, -0.2) is 25.6 Å². The molecule has 0 fully saturated rings. The molecule has 3 aromatic rings. The van der Waals surface area contributed by atoms with Gasteiger partial charge in [-0.05, 0) is 37.3 Å². The van der Waals surface area contributed by atoms with Gasteiger partial charge >= 0.3 is 0 Å². The van der Waals surface area contributed by atoms with E-state index in [0.29, 0.717) is 15.9 Å². The summed E-state index contributed by atoms with van der Waals surface area (Å²) >= 11 is 13.2. The molecular weight excluding hydrogens is 423 g/mol. The minimum atomic E-state index is -0.549. The molecular formula is C18H14Cl2N4O3S. The van der Waals surface area contributed by atoms with E-state index in [-0.39, 0.29) is 16.6 Å². The third-order valence-electron chi connectivity index (χ3n) is 3.78. The highest BCUT2D eigenvalue weighted by Crippen LogP contribution is 2.29. The number of hydrogen-bond acceptors (Lipinski definition) is 5. The summed E-state index contributed by atoms with van der Waals surface area (Å²) in [5.74, 6) is -0.300. The van der Waals surface area contributed by atoms with Gasteiger partial charge in [0.1, 0.15) is 0 Å². The van der Waals surface area contributed by atoms with Crippen LogP contribution in [0.4, 0.5) is 11.4 Å². The standard InChI is InChI=1S/C18H14Cl2N4O3S/c1-11(17(25)22-16-7-6-14(24(26)27)10-15(16)20)28-18-21-8-9-23(18)13-4-2-12(19)3-5-13/h2-11H,1H3,(H,22,25). The van der Waals surface area contributed by atoms with Crippen molar-refractivity contribution in [3.63, 3.8) is 0 Å². The molecule has 28 heavy (non-hydrogen) atoms. The third-order valence-corrected chi connectivity index (χ3v) is 5.43. The molecule has 0 saturated carbocycles. The first-order valence-corrected chi connectivity index (χ1v) is 9.69. The van der Waals surface area contributed by atoms with Crippen molar-refractivity contribution in [2.24, 2.45) is 0 Å². The summed E-state index contributed by atoms with van der Waals surface area (Å²) in [5, 5.41) is 14.3. The molecule has 0 aliphatic rings. The molecule has 1 unspecified atom stereocenters. The van der Waals surface area contributed by atoms with E-state index in [9.17, 15) is 14.9 Å². The van der Waals surface area contributed by atoms with Crippen molar-refractivity contribution in [2.75, 3.05) is 5.32 Å². The highest BCUT2D eigenvalue weighted by molar-refractivity contribution is 8.00. The summed E-state index contributed by atoms with van der Waals surface area (Å²) in [6.07, 6.45) is 3.44. The SMILES string of the molecule is CC(Sc1nccn1-c1ccc(Cl)cc1)C(=O)Nc1ccc([N+](=O)[O-])cc1Cl. The number of nitro benzene ring substituents is 1. The average molecular weight is 437 g/mol. The minimum Gasteiger partial charge on any atom is -0.324 e. The highest BCUT2D eigenvalue weighted by atomic mass is 35.5. The minimum absolute atomic E-state index is 0.0995. The zero-order valence-electron chi connectivity index (χ0n) is 14.5. The molecule has 1 heterocycles. The van der Waals surface area contributed by atoms with Crippen LogP contribution >= 0.6 is 35.0 Å². The number of anilines is 1. The lowest BCUT2D eigenvalue weighted by atomic mass is 10.2. The van der Waals surface area contributed by atoms with E-state index in [0.717, 1.165) is 5.69 Å². The largest absolute Gasteiger partial charge is 0.324 e. The first-order valence-electron chi connectivity index (χ1n) is 8.06. The molecule has 0 spiro atoms. The maximum Gasteiger partial charge on any atom is 0.271 e. The van der Waals surface area contributed by atoms with Gasteiger partial charge in [0.2, 0.25) is 5.91 Å². The van der Waals surface area contributed by atoms with Crippen LogP contribution in [-0.2, 0) is 4.79 Å². The van der Waals surface area contributed by atoms with Crippen molar-refractivity contribution < 1.29 is 9.72 Å². The lowest BCUT2D eigenvalue weighted by Gasteiger charge is -2.14. The molecule has 144 valence electrons. The Morgan fingerprint density at radius 2 is 1.96 bits per heavy atom. The van der Waals surface area contributed by atoms with Crippen LogP contribution in [0.2, 0.25) is 10.0 Å². The number of halogens is 2. The van der Waals surface area contributed by atoms with Crippen LogP contribution in [0.15, 0.2) is 60.0 Å². The van der Waals surface area contributed by atoms with E-state index in [1.807, 2.05) is 16.7 Å². The van der Waals surface area contributed by atoms with Gasteiger partial charge in [0.25, 0.3) is 5.69 Å². The van der Waals surface area contributed by atoms with Gasteiger partial charge in [0.05, 0.1) is 20.9 Å². The van der Waals surface area contributed by atoms with Crippen LogP contribution in [0, 0.1) is 10.1 Å². The fourth-order valence-corrected chi connectivity index (χ4v) is 3.57. The van der Waals surface area contributed by atoms with E-state index in [1.165, 1.54) is 30.0 Å². The van der Waals surface area contributed by atoms with E-state index < -0.39 is 10.2 Å². The average Bonchev–Trinajstić information content (AvgIpc) is 3.11. The summed E-state index contributed by atoms with van der Waals surface area (Å²) in [6.45, 7) is 1.74. The number of rotatable bonds is 6. The summed E-state index contributed by atoms with van der Waals surface area (Å²) in [7, 11) is 0. The van der Waals surface area contributed by atoms with E-state index in [4.69, 9.17) is 23.2 Å². The second-order valence-corrected chi connectivity index (χ2v) is 7.88. The maximum absolute atomic E-state index is 12.5. The maximum atomic E-state index is 12.5. The van der Waals surface area contributed by atoms with E-state index in [2.05, 4.69) is 10.3 Å². The number of non-ortho nitro benzene ring substituents is 1.